The highest BCUT2D eigenvalue weighted by molar-refractivity contribution is 5.18. The maximum Gasteiger partial charge on any atom is 0.123 e. The first-order valence-electron chi connectivity index (χ1n) is 3.68. The van der Waals surface area contributed by atoms with E-state index in [1.165, 1.54) is 18.2 Å². The molecule has 0 aliphatic heterocycles. The van der Waals surface area contributed by atoms with Crippen LogP contribution in [0.4, 0.5) is 4.39 Å². The van der Waals surface area contributed by atoms with Gasteiger partial charge in [0, 0.05) is 4.91 Å². The number of benzene rings is 1. The molecule has 0 amide bonds. The number of azide groups is 1. The molecule has 68 valence electrons. The topological polar surface area (TPSA) is 69.0 Å². The normalized spacial score (nSPS) is 11.8. The van der Waals surface area contributed by atoms with E-state index < -0.39 is 11.9 Å². The average molecular weight is 181 g/mol. The summed E-state index contributed by atoms with van der Waals surface area (Å²) in [5.74, 6) is -0.419. The van der Waals surface area contributed by atoms with E-state index in [0.29, 0.717) is 5.56 Å². The van der Waals surface area contributed by atoms with Gasteiger partial charge in [0.15, 0.2) is 0 Å². The van der Waals surface area contributed by atoms with Gasteiger partial charge in [0.25, 0.3) is 0 Å². The second-order valence-corrected chi connectivity index (χ2v) is 2.48. The molecule has 1 rings (SSSR count). The molecule has 0 aliphatic carbocycles. The van der Waals surface area contributed by atoms with Crippen LogP contribution in [-0.4, -0.2) is 11.7 Å². The Morgan fingerprint density at radius 1 is 1.62 bits per heavy atom. The van der Waals surface area contributed by atoms with Crippen molar-refractivity contribution in [1.82, 2.24) is 0 Å². The molecule has 4 nitrogen and oxygen atoms in total. The van der Waals surface area contributed by atoms with Crippen LogP contribution >= 0.6 is 0 Å². The predicted octanol–water partition coefficient (Wildman–Crippen LogP) is 2.17. The molecule has 0 radical (unpaired) electrons. The second kappa shape index (κ2) is 4.45. The third-order valence-corrected chi connectivity index (χ3v) is 1.55. The van der Waals surface area contributed by atoms with E-state index in [9.17, 15) is 9.50 Å². The van der Waals surface area contributed by atoms with E-state index >= 15 is 0 Å². The van der Waals surface area contributed by atoms with Gasteiger partial charge in [0.2, 0.25) is 0 Å². The van der Waals surface area contributed by atoms with Gasteiger partial charge < -0.3 is 5.11 Å². The number of nitrogens with zero attached hydrogens (tertiary/aromatic N) is 3. The molecule has 0 aromatic heterocycles. The van der Waals surface area contributed by atoms with E-state index in [4.69, 9.17) is 5.53 Å². The van der Waals surface area contributed by atoms with Crippen LogP contribution in [0.3, 0.4) is 0 Å². The van der Waals surface area contributed by atoms with Crippen LogP contribution in [0.5, 0.6) is 0 Å². The summed E-state index contributed by atoms with van der Waals surface area (Å²) >= 11 is 0. The molecule has 0 bridgehead atoms. The van der Waals surface area contributed by atoms with Crippen LogP contribution in [0.2, 0.25) is 0 Å². The number of rotatable bonds is 3. The van der Waals surface area contributed by atoms with Crippen LogP contribution in [0.1, 0.15) is 11.7 Å². The molecule has 1 aromatic carbocycles. The Morgan fingerprint density at radius 2 is 2.38 bits per heavy atom. The van der Waals surface area contributed by atoms with Gasteiger partial charge in [-0.05, 0) is 23.2 Å². The minimum absolute atomic E-state index is 0.0834. The predicted molar refractivity (Wildman–Crippen MR) is 45.4 cm³/mol. The maximum atomic E-state index is 12.6. The molecule has 1 unspecified atom stereocenters. The Labute approximate surface area is 74.3 Å². The van der Waals surface area contributed by atoms with E-state index in [1.807, 2.05) is 0 Å². The molecule has 0 saturated carbocycles. The number of halogens is 1. The SMILES string of the molecule is [N-]=[N+]=NCC(O)c1cccc(F)c1. The third kappa shape index (κ3) is 2.74. The van der Waals surface area contributed by atoms with Crippen LogP contribution < -0.4 is 0 Å². The molecular weight excluding hydrogens is 173 g/mol. The van der Waals surface area contributed by atoms with E-state index in [2.05, 4.69) is 10.0 Å². The lowest BCUT2D eigenvalue weighted by Gasteiger charge is -2.06. The lowest BCUT2D eigenvalue weighted by atomic mass is 10.1. The van der Waals surface area contributed by atoms with E-state index in [-0.39, 0.29) is 6.54 Å². The highest BCUT2D eigenvalue weighted by atomic mass is 19.1. The van der Waals surface area contributed by atoms with Gasteiger partial charge >= 0.3 is 0 Å². The first-order chi connectivity index (χ1) is 6.24. The standard InChI is InChI=1S/C8H8FN3O/c9-7-3-1-2-6(4-7)8(13)5-11-12-10/h1-4,8,13H,5H2. The highest BCUT2D eigenvalue weighted by Gasteiger charge is 2.05. The average Bonchev–Trinajstić information content (AvgIpc) is 2.14. The van der Waals surface area contributed by atoms with Gasteiger partial charge in [-0.1, -0.05) is 17.2 Å². The summed E-state index contributed by atoms with van der Waals surface area (Å²) in [6, 6.07) is 5.55. The molecule has 13 heavy (non-hydrogen) atoms. The first kappa shape index (κ1) is 9.51. The Kier molecular flexibility index (Phi) is 3.25. The zero-order valence-corrected chi connectivity index (χ0v) is 6.76. The van der Waals surface area contributed by atoms with Crippen LogP contribution in [0, 0.1) is 5.82 Å². The number of aliphatic hydroxyl groups is 1. The largest absolute Gasteiger partial charge is 0.388 e. The number of hydrogen-bond acceptors (Lipinski definition) is 2. The summed E-state index contributed by atoms with van der Waals surface area (Å²) in [6.07, 6.45) is -0.938. The van der Waals surface area contributed by atoms with Crippen molar-refractivity contribution in [3.63, 3.8) is 0 Å². The minimum atomic E-state index is -0.938. The van der Waals surface area contributed by atoms with Gasteiger partial charge in [0.05, 0.1) is 12.6 Å². The number of aliphatic hydroxyl groups excluding tert-OH is 1. The molecule has 1 atom stereocenters. The van der Waals surface area contributed by atoms with Crippen molar-refractivity contribution >= 4 is 0 Å². The fourth-order valence-corrected chi connectivity index (χ4v) is 0.933. The molecule has 1 N–H and O–H groups in total. The second-order valence-electron chi connectivity index (χ2n) is 2.48. The van der Waals surface area contributed by atoms with Gasteiger partial charge in [-0.2, -0.15) is 0 Å². The minimum Gasteiger partial charge on any atom is -0.388 e. The van der Waals surface area contributed by atoms with Crippen molar-refractivity contribution in [2.24, 2.45) is 5.11 Å². The lowest BCUT2D eigenvalue weighted by Crippen LogP contribution is -2.00. The summed E-state index contributed by atoms with van der Waals surface area (Å²) in [4.78, 5) is 2.49. The van der Waals surface area contributed by atoms with Gasteiger partial charge in [-0.25, -0.2) is 4.39 Å². The Hall–Kier alpha value is -1.58. The monoisotopic (exact) mass is 181 g/mol. The Morgan fingerprint density at radius 3 is 3.00 bits per heavy atom. The molecule has 0 heterocycles. The van der Waals surface area contributed by atoms with Crippen molar-refractivity contribution in [2.45, 2.75) is 6.10 Å². The summed E-state index contributed by atoms with van der Waals surface area (Å²) in [6.45, 7) is -0.0834. The Bertz CT molecular complexity index is 336. The zero-order chi connectivity index (χ0) is 9.68. The molecule has 0 spiro atoms. The van der Waals surface area contributed by atoms with Crippen LogP contribution in [0.25, 0.3) is 10.4 Å². The summed E-state index contributed by atoms with van der Waals surface area (Å²) in [5, 5.41) is 12.5. The maximum absolute atomic E-state index is 12.6. The summed E-state index contributed by atoms with van der Waals surface area (Å²) in [7, 11) is 0. The van der Waals surface area contributed by atoms with Crippen LogP contribution in [-0.2, 0) is 0 Å². The van der Waals surface area contributed by atoms with Crippen molar-refractivity contribution in [3.05, 3.63) is 46.1 Å². The fraction of sp³-hybridized carbons (Fsp3) is 0.250. The Balaban J connectivity index is 2.76. The van der Waals surface area contributed by atoms with Gasteiger partial charge in [-0.3, -0.25) is 0 Å². The highest BCUT2D eigenvalue weighted by Crippen LogP contribution is 2.13. The van der Waals surface area contributed by atoms with Crippen LogP contribution in [0.15, 0.2) is 29.4 Å². The summed E-state index contributed by atoms with van der Waals surface area (Å²) in [5.41, 5.74) is 8.40. The summed E-state index contributed by atoms with van der Waals surface area (Å²) < 4.78 is 12.6. The van der Waals surface area contributed by atoms with Crippen molar-refractivity contribution in [2.75, 3.05) is 6.54 Å². The zero-order valence-electron chi connectivity index (χ0n) is 6.76. The first-order valence-corrected chi connectivity index (χ1v) is 3.68. The van der Waals surface area contributed by atoms with Gasteiger partial charge in [-0.15, -0.1) is 0 Å². The fourth-order valence-electron chi connectivity index (χ4n) is 0.933. The van der Waals surface area contributed by atoms with E-state index in [1.54, 1.807) is 6.07 Å². The molecule has 0 fully saturated rings. The van der Waals surface area contributed by atoms with Crippen molar-refractivity contribution in [3.8, 4) is 0 Å². The molecule has 5 heteroatoms. The van der Waals surface area contributed by atoms with Gasteiger partial charge in [0.1, 0.15) is 5.82 Å². The quantitative estimate of drug-likeness (QED) is 0.433. The lowest BCUT2D eigenvalue weighted by molar-refractivity contribution is 0.186. The van der Waals surface area contributed by atoms with E-state index in [0.717, 1.165) is 0 Å². The molecular formula is C8H8FN3O. The third-order valence-electron chi connectivity index (χ3n) is 1.55. The smallest absolute Gasteiger partial charge is 0.123 e. The molecule has 0 saturated heterocycles. The number of hydrogen-bond donors (Lipinski definition) is 1. The van der Waals surface area contributed by atoms with Crippen molar-refractivity contribution in [1.29, 1.82) is 0 Å². The van der Waals surface area contributed by atoms with Crippen molar-refractivity contribution < 1.29 is 9.50 Å². The molecule has 0 aliphatic rings. The molecule has 1 aromatic rings.